The summed E-state index contributed by atoms with van der Waals surface area (Å²) in [5, 5.41) is 12.0. The number of hydrogen-bond acceptors (Lipinski definition) is 6. The Bertz CT molecular complexity index is 1480. The van der Waals surface area contributed by atoms with Crippen molar-refractivity contribution < 1.29 is 28.5 Å². The number of rotatable bonds is 11. The highest BCUT2D eigenvalue weighted by atomic mass is 28.4. The van der Waals surface area contributed by atoms with E-state index < -0.39 is 14.3 Å². The molecule has 0 unspecified atom stereocenters. The Balaban J connectivity index is 1.50. The van der Waals surface area contributed by atoms with Gasteiger partial charge in [-0.15, -0.1) is 0 Å². The molecule has 0 bridgehead atoms. The number of ether oxygens (including phenoxy) is 3. The minimum Gasteiger partial charge on any atom is -0.533 e. The van der Waals surface area contributed by atoms with Crippen LogP contribution in [0.25, 0.3) is 0 Å². The van der Waals surface area contributed by atoms with E-state index >= 15 is 0 Å². The molecule has 1 aliphatic heterocycles. The van der Waals surface area contributed by atoms with Crippen LogP contribution in [-0.2, 0) is 27.2 Å². The maximum Gasteiger partial charge on any atom is 0.341 e. The standard InChI is InChI=1S/C38H44O6Si/c1-38(2,3)45(33-18-10-6-11-19-33,34-20-12-7-13-21-34)44-35-22-14-17-29(36(35)37(40)41-4)23-31-24-30(25-32(26-39)43-31)42-27-28-15-8-5-9-16-28/h5-22,30-32,39H,23-27H2,1-4H3/t30-,31+,32-/m1/s1. The van der Waals surface area contributed by atoms with Crippen LogP contribution in [0.4, 0.5) is 0 Å². The first-order valence-electron chi connectivity index (χ1n) is 15.7. The lowest BCUT2D eigenvalue weighted by molar-refractivity contribution is -0.130. The number of methoxy groups -OCH3 is 1. The molecule has 1 saturated heterocycles. The lowest BCUT2D eigenvalue weighted by Gasteiger charge is -2.43. The van der Waals surface area contributed by atoms with Gasteiger partial charge in [0.25, 0.3) is 0 Å². The molecular formula is C38H44O6Si. The van der Waals surface area contributed by atoms with Crippen LogP contribution in [-0.4, -0.2) is 51.4 Å². The fourth-order valence-electron chi connectivity index (χ4n) is 6.46. The first-order valence-corrected chi connectivity index (χ1v) is 17.6. The summed E-state index contributed by atoms with van der Waals surface area (Å²) < 4.78 is 25.3. The molecule has 0 radical (unpaired) electrons. The molecule has 0 spiro atoms. The van der Waals surface area contributed by atoms with Crippen LogP contribution in [0.15, 0.2) is 109 Å². The molecule has 5 rings (SSSR count). The molecule has 1 fully saturated rings. The summed E-state index contributed by atoms with van der Waals surface area (Å²) in [5.74, 6) is 0.0463. The van der Waals surface area contributed by atoms with Gasteiger partial charge in [0.2, 0.25) is 0 Å². The van der Waals surface area contributed by atoms with Crippen molar-refractivity contribution in [1.29, 1.82) is 0 Å². The minimum absolute atomic E-state index is 0.0841. The molecule has 1 heterocycles. The van der Waals surface area contributed by atoms with Gasteiger partial charge in [0.15, 0.2) is 0 Å². The van der Waals surface area contributed by atoms with Crippen molar-refractivity contribution in [2.24, 2.45) is 0 Å². The molecule has 0 aromatic heterocycles. The van der Waals surface area contributed by atoms with Crippen LogP contribution >= 0.6 is 0 Å². The SMILES string of the molecule is COC(=O)c1c(C[C@H]2C[C@@H](OCc3ccccc3)C[C@H](CO)O2)cccc1O[Si](c1ccccc1)(c1ccccc1)C(C)(C)C. The summed E-state index contributed by atoms with van der Waals surface area (Å²) in [6.07, 6.45) is 1.01. The van der Waals surface area contributed by atoms with E-state index in [9.17, 15) is 9.90 Å². The van der Waals surface area contributed by atoms with E-state index in [2.05, 4.69) is 45.0 Å². The topological polar surface area (TPSA) is 74.2 Å². The van der Waals surface area contributed by atoms with Crippen molar-refractivity contribution in [2.45, 2.75) is 70.0 Å². The molecule has 3 atom stereocenters. The summed E-state index contributed by atoms with van der Waals surface area (Å²) in [5.41, 5.74) is 2.29. The average molecular weight is 625 g/mol. The fraction of sp³-hybridized carbons (Fsp3) is 0.342. The van der Waals surface area contributed by atoms with Gasteiger partial charge in [-0.3, -0.25) is 0 Å². The van der Waals surface area contributed by atoms with Crippen molar-refractivity contribution in [2.75, 3.05) is 13.7 Å². The molecule has 0 amide bonds. The number of hydrogen-bond donors (Lipinski definition) is 1. The van der Waals surface area contributed by atoms with Crippen molar-refractivity contribution in [3.05, 3.63) is 126 Å². The van der Waals surface area contributed by atoms with Crippen molar-refractivity contribution in [1.82, 2.24) is 0 Å². The Morgan fingerprint density at radius 2 is 1.40 bits per heavy atom. The Labute approximate surface area is 268 Å². The summed E-state index contributed by atoms with van der Waals surface area (Å²) in [6, 6.07) is 36.5. The lowest BCUT2D eigenvalue weighted by Crippen LogP contribution is -2.69. The number of carbonyl (C=O) groups is 1. The molecule has 45 heavy (non-hydrogen) atoms. The molecular weight excluding hydrogens is 580 g/mol. The highest BCUT2D eigenvalue weighted by Crippen LogP contribution is 2.39. The molecule has 0 aliphatic carbocycles. The Morgan fingerprint density at radius 3 is 1.96 bits per heavy atom. The molecule has 1 aliphatic rings. The van der Waals surface area contributed by atoms with Crippen molar-refractivity contribution in [3.8, 4) is 5.75 Å². The fourth-order valence-corrected chi connectivity index (χ4v) is 10.9. The molecule has 4 aromatic carbocycles. The van der Waals surface area contributed by atoms with Crippen LogP contribution in [0.3, 0.4) is 0 Å². The van der Waals surface area contributed by atoms with E-state index in [0.29, 0.717) is 37.2 Å². The second-order valence-corrected chi connectivity index (χ2v) is 16.9. The van der Waals surface area contributed by atoms with Gasteiger partial charge in [0.05, 0.1) is 38.6 Å². The van der Waals surface area contributed by atoms with Gasteiger partial charge in [-0.2, -0.15) is 0 Å². The van der Waals surface area contributed by atoms with E-state index in [0.717, 1.165) is 21.5 Å². The van der Waals surface area contributed by atoms with E-state index in [-0.39, 0.29) is 30.0 Å². The molecule has 0 saturated carbocycles. The number of carbonyl (C=O) groups excluding carboxylic acids is 1. The van der Waals surface area contributed by atoms with Crippen LogP contribution in [0, 0.1) is 0 Å². The van der Waals surface area contributed by atoms with Crippen molar-refractivity contribution in [3.63, 3.8) is 0 Å². The monoisotopic (exact) mass is 624 g/mol. The quantitative estimate of drug-likeness (QED) is 0.161. The van der Waals surface area contributed by atoms with Crippen molar-refractivity contribution >= 4 is 24.7 Å². The van der Waals surface area contributed by atoms with E-state index in [1.54, 1.807) is 0 Å². The molecule has 6 nitrogen and oxygen atoms in total. The van der Waals surface area contributed by atoms with Gasteiger partial charge in [-0.1, -0.05) is 124 Å². The van der Waals surface area contributed by atoms with Crippen LogP contribution < -0.4 is 14.8 Å². The normalized spacial score (nSPS) is 18.7. The highest BCUT2D eigenvalue weighted by molar-refractivity contribution is 7.00. The zero-order valence-corrected chi connectivity index (χ0v) is 27.6. The zero-order valence-electron chi connectivity index (χ0n) is 26.6. The maximum atomic E-state index is 13.6. The molecule has 1 N–H and O–H groups in total. The number of aliphatic hydroxyl groups is 1. The van der Waals surface area contributed by atoms with Gasteiger partial charge in [-0.25, -0.2) is 4.79 Å². The molecule has 236 valence electrons. The largest absolute Gasteiger partial charge is 0.533 e. The van der Waals surface area contributed by atoms with Gasteiger partial charge in [0, 0.05) is 12.8 Å². The summed E-state index contributed by atoms with van der Waals surface area (Å²) in [4.78, 5) is 13.6. The van der Waals surface area contributed by atoms with Crippen LogP contribution in [0.1, 0.15) is 55.1 Å². The van der Waals surface area contributed by atoms with Crippen LogP contribution in [0.5, 0.6) is 5.75 Å². The Hall–Kier alpha value is -3.75. The smallest absolute Gasteiger partial charge is 0.341 e. The van der Waals surface area contributed by atoms with Gasteiger partial charge >= 0.3 is 14.3 Å². The van der Waals surface area contributed by atoms with Gasteiger partial charge in [0.1, 0.15) is 11.3 Å². The average Bonchev–Trinajstić information content (AvgIpc) is 3.06. The third-order valence-corrected chi connectivity index (χ3v) is 13.5. The van der Waals surface area contributed by atoms with Crippen LogP contribution in [0.2, 0.25) is 5.04 Å². The lowest BCUT2D eigenvalue weighted by atomic mass is 9.93. The van der Waals surface area contributed by atoms with E-state index in [1.807, 2.05) is 84.9 Å². The number of esters is 1. The molecule has 4 aromatic rings. The highest BCUT2D eigenvalue weighted by Gasteiger charge is 2.52. The first kappa shape index (κ1) is 32.6. The number of benzene rings is 4. The van der Waals surface area contributed by atoms with E-state index in [4.69, 9.17) is 18.6 Å². The number of aliphatic hydroxyl groups excluding tert-OH is 1. The third-order valence-electron chi connectivity index (χ3n) is 8.60. The van der Waals surface area contributed by atoms with E-state index in [1.165, 1.54) is 7.11 Å². The maximum absolute atomic E-state index is 13.6. The second-order valence-electron chi connectivity index (χ2n) is 12.7. The second kappa shape index (κ2) is 14.6. The van der Waals surface area contributed by atoms with Gasteiger partial charge in [-0.05, 0) is 39.0 Å². The Kier molecular flexibility index (Phi) is 10.6. The third kappa shape index (κ3) is 7.39. The predicted molar refractivity (Wildman–Crippen MR) is 180 cm³/mol. The Morgan fingerprint density at radius 1 is 0.822 bits per heavy atom. The molecule has 7 heteroatoms. The summed E-state index contributed by atoms with van der Waals surface area (Å²) in [7, 11) is -1.62. The minimum atomic E-state index is -3.02. The summed E-state index contributed by atoms with van der Waals surface area (Å²) >= 11 is 0. The van der Waals surface area contributed by atoms with Gasteiger partial charge < -0.3 is 23.7 Å². The predicted octanol–water partition coefficient (Wildman–Crippen LogP) is 6.08. The first-order chi connectivity index (χ1) is 21.7. The zero-order chi connectivity index (χ0) is 31.9. The summed E-state index contributed by atoms with van der Waals surface area (Å²) in [6.45, 7) is 7.03.